The molecule has 3 rings (SSSR count). The van der Waals surface area contributed by atoms with Crippen molar-refractivity contribution in [2.45, 2.75) is 32.3 Å². The molecule has 0 aromatic carbocycles. The molecule has 3 aliphatic rings. The maximum Gasteiger partial charge on any atom is 0.120 e. The molecule has 1 saturated heterocycles. The summed E-state index contributed by atoms with van der Waals surface area (Å²) < 4.78 is 11.4. The van der Waals surface area contributed by atoms with Gasteiger partial charge < -0.3 is 19.7 Å². The Morgan fingerprint density at radius 2 is 2.40 bits per heavy atom. The SMILES string of the molecule is CO[C@H](C)CN1CCOC2=C1C=C1CCNCCC1C2. The first-order chi connectivity index (χ1) is 9.78. The second-order valence-electron chi connectivity index (χ2n) is 6.06. The summed E-state index contributed by atoms with van der Waals surface area (Å²) in [5.41, 5.74) is 2.92. The predicted molar refractivity (Wildman–Crippen MR) is 79.3 cm³/mol. The molecule has 0 amide bonds. The summed E-state index contributed by atoms with van der Waals surface area (Å²) in [4.78, 5) is 2.44. The molecule has 2 heterocycles. The molecule has 4 heteroatoms. The second kappa shape index (κ2) is 6.19. The van der Waals surface area contributed by atoms with Crippen molar-refractivity contribution in [2.24, 2.45) is 5.92 Å². The van der Waals surface area contributed by atoms with E-state index in [2.05, 4.69) is 23.2 Å². The number of methoxy groups -OCH3 is 1. The van der Waals surface area contributed by atoms with Gasteiger partial charge in [-0.2, -0.15) is 0 Å². The molecule has 0 saturated carbocycles. The third kappa shape index (κ3) is 2.86. The fourth-order valence-corrected chi connectivity index (χ4v) is 3.41. The van der Waals surface area contributed by atoms with Gasteiger partial charge in [0.1, 0.15) is 12.4 Å². The standard InChI is InChI=1S/C16H26N2O2/c1-12(19-2)11-18-7-8-20-16-10-14-4-6-17-5-3-13(14)9-15(16)18/h9,12,14,17H,3-8,10-11H2,1-2H3/t12-,14?/m1/s1. The Morgan fingerprint density at radius 1 is 1.50 bits per heavy atom. The Labute approximate surface area is 121 Å². The lowest BCUT2D eigenvalue weighted by Crippen LogP contribution is -2.38. The van der Waals surface area contributed by atoms with Crippen molar-refractivity contribution in [2.75, 3.05) is 39.9 Å². The Balaban J connectivity index is 1.80. The monoisotopic (exact) mass is 278 g/mol. The number of rotatable bonds is 3. The number of ether oxygens (including phenoxy) is 2. The van der Waals surface area contributed by atoms with E-state index in [0.29, 0.717) is 5.92 Å². The van der Waals surface area contributed by atoms with Gasteiger partial charge in [-0.15, -0.1) is 0 Å². The maximum atomic E-state index is 5.95. The van der Waals surface area contributed by atoms with Crippen LogP contribution in [0, 0.1) is 5.92 Å². The van der Waals surface area contributed by atoms with Crippen LogP contribution in [0.3, 0.4) is 0 Å². The number of fused-ring (bicyclic) bond motifs is 1. The second-order valence-corrected chi connectivity index (χ2v) is 6.06. The number of hydrogen-bond acceptors (Lipinski definition) is 4. The molecule has 20 heavy (non-hydrogen) atoms. The summed E-state index contributed by atoms with van der Waals surface area (Å²) >= 11 is 0. The Kier molecular flexibility index (Phi) is 4.32. The molecular weight excluding hydrogens is 252 g/mol. The van der Waals surface area contributed by atoms with Crippen molar-refractivity contribution in [1.29, 1.82) is 0 Å². The van der Waals surface area contributed by atoms with Gasteiger partial charge in [-0.25, -0.2) is 0 Å². The highest BCUT2D eigenvalue weighted by Gasteiger charge is 2.30. The molecule has 0 bridgehead atoms. The average molecular weight is 278 g/mol. The van der Waals surface area contributed by atoms with E-state index in [4.69, 9.17) is 9.47 Å². The van der Waals surface area contributed by atoms with E-state index in [-0.39, 0.29) is 6.10 Å². The van der Waals surface area contributed by atoms with Gasteiger partial charge in [0.25, 0.3) is 0 Å². The predicted octanol–water partition coefficient (Wildman–Crippen LogP) is 1.89. The fourth-order valence-electron chi connectivity index (χ4n) is 3.41. The lowest BCUT2D eigenvalue weighted by atomic mass is 9.85. The smallest absolute Gasteiger partial charge is 0.120 e. The summed E-state index contributed by atoms with van der Waals surface area (Å²) in [6, 6.07) is 0. The van der Waals surface area contributed by atoms with Crippen LogP contribution in [0.4, 0.5) is 0 Å². The molecule has 4 nitrogen and oxygen atoms in total. The Bertz CT molecular complexity index is 417. The van der Waals surface area contributed by atoms with Crippen LogP contribution < -0.4 is 5.32 Å². The van der Waals surface area contributed by atoms with Crippen molar-refractivity contribution in [3.8, 4) is 0 Å². The lowest BCUT2D eigenvalue weighted by molar-refractivity contribution is 0.0599. The maximum absolute atomic E-state index is 5.95. The van der Waals surface area contributed by atoms with Gasteiger partial charge in [-0.3, -0.25) is 0 Å². The first-order valence-electron chi connectivity index (χ1n) is 7.83. The summed E-state index contributed by atoms with van der Waals surface area (Å²) in [6.07, 6.45) is 6.16. The Morgan fingerprint density at radius 3 is 3.25 bits per heavy atom. The molecule has 0 aromatic rings. The zero-order chi connectivity index (χ0) is 13.9. The minimum atomic E-state index is 0.258. The van der Waals surface area contributed by atoms with Gasteiger partial charge in [0.2, 0.25) is 0 Å². The average Bonchev–Trinajstić information content (AvgIpc) is 2.70. The van der Waals surface area contributed by atoms with Crippen LogP contribution in [0.2, 0.25) is 0 Å². The van der Waals surface area contributed by atoms with E-state index in [1.165, 1.54) is 24.3 Å². The summed E-state index contributed by atoms with van der Waals surface area (Å²) in [6.45, 7) is 7.10. The number of allylic oxidation sites excluding steroid dienone is 2. The van der Waals surface area contributed by atoms with Crippen LogP contribution in [0.25, 0.3) is 0 Å². The van der Waals surface area contributed by atoms with Gasteiger partial charge in [-0.1, -0.05) is 5.57 Å². The fraction of sp³-hybridized carbons (Fsp3) is 0.750. The van der Waals surface area contributed by atoms with Crippen molar-refractivity contribution < 1.29 is 9.47 Å². The highest BCUT2D eigenvalue weighted by atomic mass is 16.5. The molecular formula is C16H26N2O2. The molecule has 2 aliphatic heterocycles. The summed E-state index contributed by atoms with van der Waals surface area (Å²) in [5, 5.41) is 3.50. The minimum Gasteiger partial charge on any atom is -0.494 e. The molecule has 112 valence electrons. The summed E-state index contributed by atoms with van der Waals surface area (Å²) in [7, 11) is 1.78. The molecule has 1 unspecified atom stereocenters. The molecule has 1 fully saturated rings. The van der Waals surface area contributed by atoms with Crippen LogP contribution in [0.15, 0.2) is 23.1 Å². The first kappa shape index (κ1) is 14.0. The van der Waals surface area contributed by atoms with Crippen molar-refractivity contribution in [3.05, 3.63) is 23.1 Å². The van der Waals surface area contributed by atoms with Crippen molar-refractivity contribution in [3.63, 3.8) is 0 Å². The molecule has 2 atom stereocenters. The van der Waals surface area contributed by atoms with Crippen LogP contribution in [-0.2, 0) is 9.47 Å². The van der Waals surface area contributed by atoms with Gasteiger partial charge in [0.15, 0.2) is 0 Å². The molecule has 0 spiro atoms. The van der Waals surface area contributed by atoms with Crippen LogP contribution in [0.5, 0.6) is 0 Å². The van der Waals surface area contributed by atoms with E-state index in [9.17, 15) is 0 Å². The number of hydrogen-bond donors (Lipinski definition) is 1. The molecule has 0 radical (unpaired) electrons. The van der Waals surface area contributed by atoms with E-state index >= 15 is 0 Å². The molecule has 0 aromatic heterocycles. The number of nitrogens with one attached hydrogen (secondary N) is 1. The van der Waals surface area contributed by atoms with Crippen LogP contribution >= 0.6 is 0 Å². The summed E-state index contributed by atoms with van der Waals surface area (Å²) in [5.74, 6) is 1.89. The minimum absolute atomic E-state index is 0.258. The van der Waals surface area contributed by atoms with Crippen LogP contribution in [0.1, 0.15) is 26.2 Å². The van der Waals surface area contributed by atoms with E-state index < -0.39 is 0 Å². The van der Waals surface area contributed by atoms with Crippen molar-refractivity contribution in [1.82, 2.24) is 10.2 Å². The quantitative estimate of drug-likeness (QED) is 0.855. The largest absolute Gasteiger partial charge is 0.494 e. The molecule has 1 aliphatic carbocycles. The van der Waals surface area contributed by atoms with Gasteiger partial charge in [-0.05, 0) is 44.8 Å². The first-order valence-corrected chi connectivity index (χ1v) is 7.83. The lowest BCUT2D eigenvalue weighted by Gasteiger charge is -2.38. The van der Waals surface area contributed by atoms with Crippen LogP contribution in [-0.4, -0.2) is 50.9 Å². The van der Waals surface area contributed by atoms with E-state index in [0.717, 1.165) is 39.2 Å². The van der Waals surface area contributed by atoms with E-state index in [1.54, 1.807) is 12.7 Å². The normalized spacial score (nSPS) is 28.0. The zero-order valence-electron chi connectivity index (χ0n) is 12.7. The third-order valence-electron chi connectivity index (χ3n) is 4.68. The topological polar surface area (TPSA) is 33.7 Å². The Hall–Kier alpha value is -1.00. The molecule has 1 N–H and O–H groups in total. The van der Waals surface area contributed by atoms with Gasteiger partial charge in [0, 0.05) is 20.1 Å². The van der Waals surface area contributed by atoms with Gasteiger partial charge >= 0.3 is 0 Å². The number of nitrogens with zero attached hydrogens (tertiary/aromatic N) is 1. The highest BCUT2D eigenvalue weighted by Crippen LogP contribution is 2.37. The highest BCUT2D eigenvalue weighted by molar-refractivity contribution is 5.34. The van der Waals surface area contributed by atoms with Gasteiger partial charge in [0.05, 0.1) is 18.3 Å². The van der Waals surface area contributed by atoms with E-state index in [1.807, 2.05) is 0 Å². The third-order valence-corrected chi connectivity index (χ3v) is 4.68. The zero-order valence-corrected chi connectivity index (χ0v) is 12.7. The van der Waals surface area contributed by atoms with Crippen molar-refractivity contribution >= 4 is 0 Å².